The molecule has 1 amide bonds. The van der Waals surface area contributed by atoms with Crippen molar-refractivity contribution in [3.8, 4) is 5.75 Å². The number of ether oxygens (including phenoxy) is 1. The van der Waals surface area contributed by atoms with Crippen LogP contribution in [-0.4, -0.2) is 35.4 Å². The zero-order valence-electron chi connectivity index (χ0n) is 13.7. The predicted molar refractivity (Wildman–Crippen MR) is 85.6 cm³/mol. The van der Waals surface area contributed by atoms with E-state index in [4.69, 9.17) is 9.84 Å². The number of carboxylic acids is 1. The molecule has 0 spiro atoms. The van der Waals surface area contributed by atoms with Crippen molar-refractivity contribution in [1.29, 1.82) is 0 Å². The summed E-state index contributed by atoms with van der Waals surface area (Å²) in [6.45, 7) is 5.28. The average Bonchev–Trinajstić information content (AvgIpc) is 2.48. The quantitative estimate of drug-likeness (QED) is 0.537. The minimum absolute atomic E-state index is 0.0387. The van der Waals surface area contributed by atoms with Crippen LogP contribution in [0.5, 0.6) is 5.75 Å². The van der Waals surface area contributed by atoms with Gasteiger partial charge < -0.3 is 15.2 Å². The first-order valence-corrected chi connectivity index (χ1v) is 7.57. The molecule has 0 bridgehead atoms. The molecular formula is C17H23NO5. The molecule has 0 aromatic heterocycles. The van der Waals surface area contributed by atoms with Gasteiger partial charge in [0.2, 0.25) is 5.91 Å². The Balaban J connectivity index is 2.37. The fourth-order valence-corrected chi connectivity index (χ4v) is 1.99. The van der Waals surface area contributed by atoms with E-state index in [1.54, 1.807) is 38.1 Å². The van der Waals surface area contributed by atoms with Crippen LogP contribution in [0.3, 0.4) is 0 Å². The fourth-order valence-electron chi connectivity index (χ4n) is 1.99. The van der Waals surface area contributed by atoms with Crippen LogP contribution in [0.1, 0.15) is 44.0 Å². The van der Waals surface area contributed by atoms with Gasteiger partial charge in [-0.3, -0.25) is 9.59 Å². The van der Waals surface area contributed by atoms with Gasteiger partial charge in [-0.05, 0) is 31.4 Å². The van der Waals surface area contributed by atoms with Gasteiger partial charge in [-0.1, -0.05) is 26.0 Å². The van der Waals surface area contributed by atoms with Crippen LogP contribution in [0.15, 0.2) is 24.3 Å². The lowest BCUT2D eigenvalue weighted by atomic mass is 10.0. The predicted octanol–water partition coefficient (Wildman–Crippen LogP) is 2.27. The maximum Gasteiger partial charge on any atom is 0.326 e. The van der Waals surface area contributed by atoms with Crippen LogP contribution in [0, 0.1) is 5.92 Å². The first kappa shape index (κ1) is 18.7. The molecule has 0 aliphatic carbocycles. The molecule has 1 aromatic carbocycles. The van der Waals surface area contributed by atoms with Crippen molar-refractivity contribution in [2.24, 2.45) is 5.92 Å². The maximum atomic E-state index is 11.7. The lowest BCUT2D eigenvalue weighted by molar-refractivity contribution is -0.143. The van der Waals surface area contributed by atoms with Crippen molar-refractivity contribution in [2.45, 2.75) is 39.7 Å². The molecule has 0 saturated carbocycles. The Kier molecular flexibility index (Phi) is 7.25. The van der Waals surface area contributed by atoms with Crippen LogP contribution in [0.2, 0.25) is 0 Å². The number of nitrogens with one attached hydrogen (secondary N) is 1. The van der Waals surface area contributed by atoms with E-state index in [2.05, 4.69) is 5.32 Å². The van der Waals surface area contributed by atoms with Crippen molar-refractivity contribution in [1.82, 2.24) is 5.32 Å². The second kappa shape index (κ2) is 8.92. The monoisotopic (exact) mass is 321 g/mol. The van der Waals surface area contributed by atoms with Gasteiger partial charge in [-0.15, -0.1) is 0 Å². The number of carboxylic acid groups (broad SMARTS) is 1. The van der Waals surface area contributed by atoms with Crippen LogP contribution in [-0.2, 0) is 9.59 Å². The number of ketones is 1. The van der Waals surface area contributed by atoms with E-state index in [-0.39, 0.29) is 24.0 Å². The van der Waals surface area contributed by atoms with Gasteiger partial charge in [0, 0.05) is 12.0 Å². The van der Waals surface area contributed by atoms with Gasteiger partial charge in [-0.2, -0.15) is 0 Å². The second-order valence-electron chi connectivity index (χ2n) is 5.66. The lowest BCUT2D eigenvalue weighted by Gasteiger charge is -2.17. The summed E-state index contributed by atoms with van der Waals surface area (Å²) in [6.07, 6.45) is 0.642. The Morgan fingerprint density at radius 2 is 1.96 bits per heavy atom. The Labute approximate surface area is 135 Å². The molecule has 126 valence electrons. The third-order valence-corrected chi connectivity index (χ3v) is 3.31. The van der Waals surface area contributed by atoms with Crippen molar-refractivity contribution >= 4 is 17.7 Å². The standard InChI is InChI=1S/C17H23NO5/c1-11(2)16(17(21)22)18-15(20)8-5-9-23-14-7-4-6-13(10-14)12(3)19/h4,6-7,10-11,16H,5,8-9H2,1-3H3,(H,18,20)(H,21,22)/t16-/m1/s1. The fraction of sp³-hybridized carbons (Fsp3) is 0.471. The van der Waals surface area contributed by atoms with Gasteiger partial charge in [0.1, 0.15) is 11.8 Å². The Morgan fingerprint density at radius 3 is 2.52 bits per heavy atom. The molecule has 0 unspecified atom stereocenters. The number of carbonyl (C=O) groups excluding carboxylic acids is 2. The van der Waals surface area contributed by atoms with E-state index < -0.39 is 12.0 Å². The van der Waals surface area contributed by atoms with E-state index in [0.29, 0.717) is 24.3 Å². The summed E-state index contributed by atoms with van der Waals surface area (Å²) in [5.41, 5.74) is 0.571. The van der Waals surface area contributed by atoms with Crippen molar-refractivity contribution in [3.63, 3.8) is 0 Å². The summed E-state index contributed by atoms with van der Waals surface area (Å²) in [7, 11) is 0. The Hall–Kier alpha value is -2.37. The van der Waals surface area contributed by atoms with E-state index in [9.17, 15) is 14.4 Å². The van der Waals surface area contributed by atoms with Gasteiger partial charge in [0.25, 0.3) is 0 Å². The largest absolute Gasteiger partial charge is 0.494 e. The zero-order valence-corrected chi connectivity index (χ0v) is 13.7. The van der Waals surface area contributed by atoms with Gasteiger partial charge in [0.05, 0.1) is 6.61 Å². The molecule has 0 saturated heterocycles. The van der Waals surface area contributed by atoms with Crippen molar-refractivity contribution < 1.29 is 24.2 Å². The van der Waals surface area contributed by atoms with Crippen molar-refractivity contribution in [2.75, 3.05) is 6.61 Å². The molecule has 0 aliphatic rings. The van der Waals surface area contributed by atoms with Crippen LogP contribution in [0.25, 0.3) is 0 Å². The molecule has 1 atom stereocenters. The van der Waals surface area contributed by atoms with Gasteiger partial charge in [0.15, 0.2) is 5.78 Å². The molecule has 0 fully saturated rings. The molecule has 1 aromatic rings. The van der Waals surface area contributed by atoms with E-state index in [1.807, 2.05) is 0 Å². The number of amides is 1. The number of aliphatic carboxylic acids is 1. The van der Waals surface area contributed by atoms with E-state index in [0.717, 1.165) is 0 Å². The first-order chi connectivity index (χ1) is 10.8. The van der Waals surface area contributed by atoms with Crippen molar-refractivity contribution in [3.05, 3.63) is 29.8 Å². The number of hydrogen-bond acceptors (Lipinski definition) is 4. The summed E-state index contributed by atoms with van der Waals surface area (Å²) in [5.74, 6) is -0.994. The normalized spacial score (nSPS) is 11.8. The number of benzene rings is 1. The zero-order chi connectivity index (χ0) is 17.4. The minimum atomic E-state index is -1.04. The Morgan fingerprint density at radius 1 is 1.26 bits per heavy atom. The SMILES string of the molecule is CC(=O)c1cccc(OCCCC(=O)N[C@@H](C(=O)O)C(C)C)c1. The van der Waals surface area contributed by atoms with Crippen LogP contribution >= 0.6 is 0 Å². The van der Waals surface area contributed by atoms with Gasteiger partial charge in [-0.25, -0.2) is 4.79 Å². The molecule has 1 rings (SSSR count). The average molecular weight is 321 g/mol. The molecule has 0 aliphatic heterocycles. The highest BCUT2D eigenvalue weighted by molar-refractivity contribution is 5.94. The Bertz CT molecular complexity index is 568. The number of Topliss-reactive ketones (excluding diaryl/α,β-unsaturated/α-hetero) is 1. The van der Waals surface area contributed by atoms with E-state index >= 15 is 0 Å². The van der Waals surface area contributed by atoms with Crippen LogP contribution < -0.4 is 10.1 Å². The third-order valence-electron chi connectivity index (χ3n) is 3.31. The van der Waals surface area contributed by atoms with E-state index in [1.165, 1.54) is 6.92 Å². The molecule has 23 heavy (non-hydrogen) atoms. The number of hydrogen-bond donors (Lipinski definition) is 2. The summed E-state index contributed by atoms with van der Waals surface area (Å²) in [6, 6.07) is 5.96. The summed E-state index contributed by atoms with van der Waals surface area (Å²) in [4.78, 5) is 34.0. The molecule has 6 nitrogen and oxygen atoms in total. The highest BCUT2D eigenvalue weighted by Crippen LogP contribution is 2.14. The molecule has 0 radical (unpaired) electrons. The number of rotatable bonds is 9. The maximum absolute atomic E-state index is 11.7. The molecular weight excluding hydrogens is 298 g/mol. The topological polar surface area (TPSA) is 92.7 Å². The molecule has 6 heteroatoms. The minimum Gasteiger partial charge on any atom is -0.494 e. The summed E-state index contributed by atoms with van der Waals surface area (Å²) >= 11 is 0. The first-order valence-electron chi connectivity index (χ1n) is 7.57. The smallest absolute Gasteiger partial charge is 0.326 e. The third kappa shape index (κ3) is 6.50. The second-order valence-corrected chi connectivity index (χ2v) is 5.66. The highest BCUT2D eigenvalue weighted by atomic mass is 16.5. The molecule has 0 heterocycles. The summed E-state index contributed by atoms with van der Waals surface area (Å²) in [5, 5.41) is 11.5. The highest BCUT2D eigenvalue weighted by Gasteiger charge is 2.22. The molecule has 2 N–H and O–H groups in total. The van der Waals surface area contributed by atoms with Crippen LogP contribution in [0.4, 0.5) is 0 Å². The summed E-state index contributed by atoms with van der Waals surface area (Å²) < 4.78 is 5.50. The lowest BCUT2D eigenvalue weighted by Crippen LogP contribution is -2.44. The number of carbonyl (C=O) groups is 3. The van der Waals surface area contributed by atoms with Gasteiger partial charge >= 0.3 is 5.97 Å².